The fourth-order valence-corrected chi connectivity index (χ4v) is 4.66. The van der Waals surface area contributed by atoms with Gasteiger partial charge in [-0.25, -0.2) is 0 Å². The molecule has 168 valence electrons. The Morgan fingerprint density at radius 2 is 1.57 bits per heavy atom. The fraction of sp³-hybridized carbons (Fsp3) is 0.737. The Hall–Kier alpha value is -2.14. The molecule has 0 aromatic heterocycles. The van der Waals surface area contributed by atoms with Crippen LogP contribution >= 0.6 is 11.8 Å². The number of esters is 3. The predicted molar refractivity (Wildman–Crippen MR) is 104 cm³/mol. The molecule has 0 radical (unpaired) electrons. The second-order valence-corrected chi connectivity index (χ2v) is 8.37. The number of likely N-dealkylation sites (tertiary alicyclic amines) is 1. The average Bonchev–Trinajstić information content (AvgIpc) is 2.96. The summed E-state index contributed by atoms with van der Waals surface area (Å²) < 4.78 is 21.9. The van der Waals surface area contributed by atoms with Gasteiger partial charge in [-0.1, -0.05) is 6.92 Å². The van der Waals surface area contributed by atoms with Crippen molar-refractivity contribution in [2.45, 2.75) is 64.3 Å². The van der Waals surface area contributed by atoms with Crippen LogP contribution in [0.25, 0.3) is 0 Å². The Bertz CT molecular complexity index is 679. The van der Waals surface area contributed by atoms with Gasteiger partial charge in [-0.05, 0) is 0 Å². The van der Waals surface area contributed by atoms with Gasteiger partial charge < -0.3 is 18.9 Å². The van der Waals surface area contributed by atoms with E-state index in [2.05, 4.69) is 0 Å². The minimum Gasteiger partial charge on any atom is -0.463 e. The Balaban J connectivity index is 2.12. The van der Waals surface area contributed by atoms with Crippen LogP contribution in [0.15, 0.2) is 0 Å². The Labute approximate surface area is 178 Å². The van der Waals surface area contributed by atoms with Crippen molar-refractivity contribution < 1.29 is 42.9 Å². The third-order valence-corrected chi connectivity index (χ3v) is 5.91. The van der Waals surface area contributed by atoms with Crippen LogP contribution < -0.4 is 0 Å². The van der Waals surface area contributed by atoms with Crippen LogP contribution in [0, 0.1) is 5.92 Å². The van der Waals surface area contributed by atoms with Crippen LogP contribution in [-0.2, 0) is 42.9 Å². The van der Waals surface area contributed by atoms with E-state index in [1.165, 1.54) is 37.4 Å². The number of nitrogens with zero attached hydrogens (tertiary/aromatic N) is 1. The fourth-order valence-electron chi connectivity index (χ4n) is 3.43. The zero-order valence-electron chi connectivity index (χ0n) is 17.5. The molecule has 30 heavy (non-hydrogen) atoms. The zero-order chi connectivity index (χ0) is 22.4. The maximum absolute atomic E-state index is 11.8. The summed E-state index contributed by atoms with van der Waals surface area (Å²) in [5.41, 5.74) is -0.663. The Kier molecular flexibility index (Phi) is 8.65. The maximum Gasteiger partial charge on any atom is 0.303 e. The van der Waals surface area contributed by atoms with Gasteiger partial charge in [0.1, 0.15) is 30.4 Å². The molecule has 5 unspecified atom stereocenters. The van der Waals surface area contributed by atoms with E-state index < -0.39 is 47.6 Å². The van der Waals surface area contributed by atoms with Gasteiger partial charge in [0.2, 0.25) is 11.8 Å². The third kappa shape index (κ3) is 6.43. The number of carbonyl (C=O) groups excluding carboxylic acids is 5. The van der Waals surface area contributed by atoms with E-state index in [4.69, 9.17) is 18.9 Å². The molecule has 2 rings (SSSR count). The molecular formula is C19H27NO9S. The number of rotatable bonds is 8. The molecule has 0 N–H and O–H groups in total. The molecule has 0 spiro atoms. The van der Waals surface area contributed by atoms with Gasteiger partial charge in [-0.15, -0.1) is 11.8 Å². The lowest BCUT2D eigenvalue weighted by molar-refractivity contribution is -0.212. The van der Waals surface area contributed by atoms with E-state index in [9.17, 15) is 24.0 Å². The molecule has 2 amide bonds. The molecule has 5 atom stereocenters. The molecule has 2 aliphatic heterocycles. The van der Waals surface area contributed by atoms with Crippen molar-refractivity contribution in [3.63, 3.8) is 0 Å². The summed E-state index contributed by atoms with van der Waals surface area (Å²) >= 11 is 1.27. The lowest BCUT2D eigenvalue weighted by Crippen LogP contribution is -2.56. The summed E-state index contributed by atoms with van der Waals surface area (Å²) in [5, 5.41) is 0. The largest absolute Gasteiger partial charge is 0.463 e. The molecule has 0 bridgehead atoms. The van der Waals surface area contributed by atoms with Gasteiger partial charge in [0.25, 0.3) is 0 Å². The number of amides is 2. The van der Waals surface area contributed by atoms with Gasteiger partial charge in [-0.2, -0.15) is 0 Å². The highest BCUT2D eigenvalue weighted by molar-refractivity contribution is 7.99. The summed E-state index contributed by atoms with van der Waals surface area (Å²) in [4.78, 5) is 59.2. The molecule has 0 aromatic rings. The van der Waals surface area contributed by atoms with Gasteiger partial charge in [0.15, 0.2) is 0 Å². The quantitative estimate of drug-likeness (QED) is 0.299. The van der Waals surface area contributed by atoms with Crippen LogP contribution in [0.2, 0.25) is 0 Å². The first-order valence-electron chi connectivity index (χ1n) is 9.68. The second-order valence-electron chi connectivity index (χ2n) is 7.16. The van der Waals surface area contributed by atoms with Gasteiger partial charge in [0.05, 0.1) is 0 Å². The molecular weight excluding hydrogens is 418 g/mol. The number of ether oxygens (including phenoxy) is 4. The van der Waals surface area contributed by atoms with Crippen molar-refractivity contribution in [2.24, 2.45) is 5.92 Å². The second kappa shape index (κ2) is 10.8. The van der Waals surface area contributed by atoms with E-state index in [0.717, 1.165) is 0 Å². The minimum absolute atomic E-state index is 0.134. The predicted octanol–water partition coefficient (Wildman–Crippen LogP) is 0.656. The highest BCUT2D eigenvalue weighted by atomic mass is 32.2. The van der Waals surface area contributed by atoms with Crippen molar-refractivity contribution in [3.8, 4) is 0 Å². The minimum atomic E-state index is -0.787. The Morgan fingerprint density at radius 1 is 1.00 bits per heavy atom. The summed E-state index contributed by atoms with van der Waals surface area (Å²) in [6, 6.07) is 0. The lowest BCUT2D eigenvalue weighted by atomic mass is 9.91. The van der Waals surface area contributed by atoms with E-state index in [0.29, 0.717) is 5.75 Å². The first-order chi connectivity index (χ1) is 14.1. The summed E-state index contributed by atoms with van der Waals surface area (Å²) in [6.07, 6.45) is -1.86. The highest BCUT2D eigenvalue weighted by Gasteiger charge is 2.48. The van der Waals surface area contributed by atoms with Crippen LogP contribution in [-0.4, -0.2) is 77.3 Å². The number of thioether (sulfide) groups is 1. The zero-order valence-corrected chi connectivity index (χ0v) is 18.3. The summed E-state index contributed by atoms with van der Waals surface area (Å²) in [5.74, 6) is -2.07. The summed E-state index contributed by atoms with van der Waals surface area (Å²) in [7, 11) is 0. The van der Waals surface area contributed by atoms with Gasteiger partial charge in [0, 0.05) is 51.8 Å². The first-order valence-corrected chi connectivity index (χ1v) is 10.7. The molecule has 0 aromatic carbocycles. The van der Waals surface area contributed by atoms with Crippen molar-refractivity contribution in [2.75, 3.05) is 18.9 Å². The number of hydrogen-bond donors (Lipinski definition) is 0. The normalized spacial score (nSPS) is 28.9. The molecule has 2 aliphatic rings. The van der Waals surface area contributed by atoms with Crippen LogP contribution in [0.5, 0.6) is 0 Å². The third-order valence-electron chi connectivity index (χ3n) is 4.79. The van der Waals surface area contributed by atoms with Crippen molar-refractivity contribution in [1.29, 1.82) is 0 Å². The smallest absolute Gasteiger partial charge is 0.303 e. The van der Waals surface area contributed by atoms with Crippen LogP contribution in [0.4, 0.5) is 0 Å². The van der Waals surface area contributed by atoms with Gasteiger partial charge in [-0.3, -0.25) is 28.9 Å². The molecule has 10 nitrogen and oxygen atoms in total. The van der Waals surface area contributed by atoms with Crippen molar-refractivity contribution in [3.05, 3.63) is 0 Å². The van der Waals surface area contributed by atoms with Crippen LogP contribution in [0.1, 0.15) is 40.5 Å². The molecule has 2 heterocycles. The molecule has 0 aliphatic carbocycles. The van der Waals surface area contributed by atoms with Crippen LogP contribution in [0.3, 0.4) is 0 Å². The van der Waals surface area contributed by atoms with Crippen molar-refractivity contribution >= 4 is 41.5 Å². The van der Waals surface area contributed by atoms with Crippen molar-refractivity contribution in [1.82, 2.24) is 4.90 Å². The average molecular weight is 445 g/mol. The van der Waals surface area contributed by atoms with Gasteiger partial charge >= 0.3 is 17.9 Å². The Morgan fingerprint density at radius 3 is 2.10 bits per heavy atom. The van der Waals surface area contributed by atoms with E-state index >= 15 is 0 Å². The highest BCUT2D eigenvalue weighted by Crippen LogP contribution is 2.36. The van der Waals surface area contributed by atoms with E-state index in [1.54, 1.807) is 6.92 Å². The first kappa shape index (κ1) is 24.1. The molecule has 11 heteroatoms. The number of imide groups is 1. The molecule has 2 fully saturated rings. The lowest BCUT2D eigenvalue weighted by Gasteiger charge is -2.44. The number of hydrogen-bond acceptors (Lipinski definition) is 10. The topological polar surface area (TPSA) is 126 Å². The number of carbonyl (C=O) groups is 5. The summed E-state index contributed by atoms with van der Waals surface area (Å²) in [6.45, 7) is 5.61. The molecule has 0 saturated carbocycles. The van der Waals surface area contributed by atoms with E-state index in [-0.39, 0.29) is 37.8 Å². The maximum atomic E-state index is 11.8. The van der Waals surface area contributed by atoms with E-state index in [1.807, 2.05) is 0 Å². The molecule has 2 saturated heterocycles. The monoisotopic (exact) mass is 445 g/mol. The standard InChI is InChI=1S/C19H27NO9S/c1-10-17(27-12(3)22)14(9-26-11(2)21)29-19(18(10)28-13(4)23)30-8-7-20-15(24)5-6-16(20)25/h10,14,17-19H,5-9H2,1-4H3. The SMILES string of the molecule is CC(=O)OCC1OC(SCCN2C(=O)CCC2=O)C(OC(C)=O)C(C)C1OC(C)=O.